The minimum atomic E-state index is -0.520. The average Bonchev–Trinajstić information content (AvgIpc) is 2.71. The molecule has 0 unspecified atom stereocenters. The summed E-state index contributed by atoms with van der Waals surface area (Å²) >= 11 is 17.8. The molecular formula is C20H17Cl3FN3O3. The van der Waals surface area contributed by atoms with Crippen molar-refractivity contribution in [2.75, 3.05) is 32.7 Å². The molecule has 1 N–H and O–H groups in total. The quantitative estimate of drug-likeness (QED) is 0.740. The Kier molecular flexibility index (Phi) is 7.18. The Labute approximate surface area is 187 Å². The standard InChI is InChI=1S/C20H17Cl3FN3O3/c21-12-1-3-14(16(22)9-12)19(29)25-11-18(28)26-5-7-27(8-6-26)20(30)15-4-2-13(24)10-17(15)23/h1-4,9-10H,5-8,11H2,(H,25,29). The summed E-state index contributed by atoms with van der Waals surface area (Å²) in [6.45, 7) is 1.02. The molecule has 0 atom stereocenters. The third kappa shape index (κ3) is 5.22. The number of carbonyl (C=O) groups is 3. The molecule has 2 aromatic carbocycles. The number of benzene rings is 2. The Bertz CT molecular complexity index is 995. The summed E-state index contributed by atoms with van der Waals surface area (Å²) in [4.78, 5) is 40.3. The van der Waals surface area contributed by atoms with Crippen LogP contribution in [0.2, 0.25) is 15.1 Å². The highest BCUT2D eigenvalue weighted by Gasteiger charge is 2.26. The van der Waals surface area contributed by atoms with Crippen molar-refractivity contribution in [1.29, 1.82) is 0 Å². The number of hydrogen-bond acceptors (Lipinski definition) is 3. The van der Waals surface area contributed by atoms with E-state index < -0.39 is 11.7 Å². The Morgan fingerprint density at radius 3 is 2.10 bits per heavy atom. The van der Waals surface area contributed by atoms with Crippen LogP contribution in [-0.2, 0) is 4.79 Å². The zero-order valence-corrected chi connectivity index (χ0v) is 17.9. The maximum Gasteiger partial charge on any atom is 0.255 e. The number of nitrogens with one attached hydrogen (secondary N) is 1. The van der Waals surface area contributed by atoms with Gasteiger partial charge in [0.05, 0.1) is 27.7 Å². The van der Waals surface area contributed by atoms with Crippen molar-refractivity contribution in [3.63, 3.8) is 0 Å². The van der Waals surface area contributed by atoms with Crippen LogP contribution in [0.5, 0.6) is 0 Å². The van der Waals surface area contributed by atoms with Gasteiger partial charge in [-0.3, -0.25) is 14.4 Å². The van der Waals surface area contributed by atoms with Crippen LogP contribution in [0.4, 0.5) is 4.39 Å². The van der Waals surface area contributed by atoms with Gasteiger partial charge in [0.25, 0.3) is 11.8 Å². The van der Waals surface area contributed by atoms with Crippen molar-refractivity contribution in [2.45, 2.75) is 0 Å². The highest BCUT2D eigenvalue weighted by molar-refractivity contribution is 6.36. The Hall–Kier alpha value is -2.35. The first kappa shape index (κ1) is 22.3. The minimum absolute atomic E-state index is 0.0436. The van der Waals surface area contributed by atoms with Gasteiger partial charge in [0, 0.05) is 31.2 Å². The number of piperazine rings is 1. The number of carbonyl (C=O) groups excluding carboxylic acids is 3. The molecule has 1 heterocycles. The maximum absolute atomic E-state index is 13.2. The molecule has 6 nitrogen and oxygen atoms in total. The van der Waals surface area contributed by atoms with Crippen LogP contribution in [0, 0.1) is 5.82 Å². The molecule has 0 aliphatic carbocycles. The minimum Gasteiger partial charge on any atom is -0.343 e. The molecule has 158 valence electrons. The van der Waals surface area contributed by atoms with E-state index in [1.807, 2.05) is 0 Å². The van der Waals surface area contributed by atoms with Crippen LogP contribution in [0.25, 0.3) is 0 Å². The lowest BCUT2D eigenvalue weighted by molar-refractivity contribution is -0.131. The molecule has 2 aromatic rings. The molecular weight excluding hydrogens is 456 g/mol. The van der Waals surface area contributed by atoms with Crippen molar-refractivity contribution in [1.82, 2.24) is 15.1 Å². The Morgan fingerprint density at radius 2 is 1.47 bits per heavy atom. The third-order valence-electron chi connectivity index (χ3n) is 4.66. The zero-order valence-electron chi connectivity index (χ0n) is 15.6. The first-order chi connectivity index (χ1) is 14.3. The fraction of sp³-hybridized carbons (Fsp3) is 0.250. The molecule has 1 aliphatic rings. The van der Waals surface area contributed by atoms with Crippen molar-refractivity contribution in [3.8, 4) is 0 Å². The Morgan fingerprint density at radius 1 is 0.867 bits per heavy atom. The molecule has 30 heavy (non-hydrogen) atoms. The van der Waals surface area contributed by atoms with Gasteiger partial charge < -0.3 is 15.1 Å². The summed E-state index contributed by atoms with van der Waals surface area (Å²) in [6, 6.07) is 8.07. The smallest absolute Gasteiger partial charge is 0.255 e. The number of rotatable bonds is 4. The van der Waals surface area contributed by atoms with Gasteiger partial charge in [0.1, 0.15) is 5.82 Å². The molecule has 1 aliphatic heterocycles. The predicted octanol–water partition coefficient (Wildman–Crippen LogP) is 3.50. The van der Waals surface area contributed by atoms with Crippen LogP contribution in [0.1, 0.15) is 20.7 Å². The lowest BCUT2D eigenvalue weighted by Crippen LogP contribution is -2.52. The lowest BCUT2D eigenvalue weighted by atomic mass is 10.1. The SMILES string of the molecule is O=C(NCC(=O)N1CCN(C(=O)c2ccc(F)cc2Cl)CC1)c1ccc(Cl)cc1Cl. The summed E-state index contributed by atoms with van der Waals surface area (Å²) in [7, 11) is 0. The highest BCUT2D eigenvalue weighted by atomic mass is 35.5. The number of halogens is 4. The van der Waals surface area contributed by atoms with Gasteiger partial charge in [-0.2, -0.15) is 0 Å². The monoisotopic (exact) mass is 471 g/mol. The summed E-state index contributed by atoms with van der Waals surface area (Å²) in [5, 5.41) is 3.18. The van der Waals surface area contributed by atoms with E-state index in [9.17, 15) is 18.8 Å². The van der Waals surface area contributed by atoms with E-state index in [-0.39, 0.29) is 39.5 Å². The normalized spacial score (nSPS) is 13.9. The highest BCUT2D eigenvalue weighted by Crippen LogP contribution is 2.21. The molecule has 0 saturated carbocycles. The van der Waals surface area contributed by atoms with Crippen LogP contribution < -0.4 is 5.32 Å². The zero-order chi connectivity index (χ0) is 21.8. The van der Waals surface area contributed by atoms with Crippen LogP contribution in [0.3, 0.4) is 0 Å². The first-order valence-electron chi connectivity index (χ1n) is 9.01. The van der Waals surface area contributed by atoms with Crippen molar-refractivity contribution >= 4 is 52.5 Å². The van der Waals surface area contributed by atoms with Gasteiger partial charge >= 0.3 is 0 Å². The van der Waals surface area contributed by atoms with E-state index in [0.717, 1.165) is 6.07 Å². The van der Waals surface area contributed by atoms with Crippen LogP contribution in [0.15, 0.2) is 36.4 Å². The van der Waals surface area contributed by atoms with Gasteiger partial charge in [-0.25, -0.2) is 4.39 Å². The Balaban J connectivity index is 1.51. The van der Waals surface area contributed by atoms with Gasteiger partial charge in [-0.05, 0) is 36.4 Å². The first-order valence-corrected chi connectivity index (χ1v) is 10.1. The second-order valence-electron chi connectivity index (χ2n) is 6.60. The lowest BCUT2D eigenvalue weighted by Gasteiger charge is -2.35. The molecule has 1 saturated heterocycles. The van der Waals surface area contributed by atoms with Gasteiger partial charge in [0.2, 0.25) is 5.91 Å². The van der Waals surface area contributed by atoms with Gasteiger partial charge in [-0.15, -0.1) is 0 Å². The topological polar surface area (TPSA) is 69.7 Å². The second-order valence-corrected chi connectivity index (χ2v) is 7.85. The molecule has 0 radical (unpaired) electrons. The summed E-state index contributed by atoms with van der Waals surface area (Å²) in [6.07, 6.45) is 0. The van der Waals surface area contributed by atoms with E-state index in [2.05, 4.69) is 5.32 Å². The van der Waals surface area contributed by atoms with E-state index in [1.165, 1.54) is 30.3 Å². The summed E-state index contributed by atoms with van der Waals surface area (Å²) in [5.74, 6) is -1.60. The molecule has 0 spiro atoms. The van der Waals surface area contributed by atoms with Gasteiger partial charge in [-0.1, -0.05) is 34.8 Å². The fourth-order valence-electron chi connectivity index (χ4n) is 3.03. The van der Waals surface area contributed by atoms with Crippen molar-refractivity contribution < 1.29 is 18.8 Å². The molecule has 0 bridgehead atoms. The largest absolute Gasteiger partial charge is 0.343 e. The molecule has 0 aromatic heterocycles. The fourth-order valence-corrected chi connectivity index (χ4v) is 3.77. The number of nitrogens with zero attached hydrogens (tertiary/aromatic N) is 2. The predicted molar refractivity (Wildman–Crippen MR) is 113 cm³/mol. The van der Waals surface area contributed by atoms with Crippen molar-refractivity contribution in [3.05, 3.63) is 68.4 Å². The maximum atomic E-state index is 13.2. The molecule has 10 heteroatoms. The third-order valence-corrected chi connectivity index (χ3v) is 5.52. The van der Waals surface area contributed by atoms with E-state index in [0.29, 0.717) is 31.2 Å². The van der Waals surface area contributed by atoms with E-state index >= 15 is 0 Å². The second kappa shape index (κ2) is 9.64. The number of amides is 3. The van der Waals surface area contributed by atoms with Crippen LogP contribution >= 0.6 is 34.8 Å². The molecule has 3 amide bonds. The molecule has 3 rings (SSSR count). The number of hydrogen-bond donors (Lipinski definition) is 1. The molecule has 1 fully saturated rings. The summed E-state index contributed by atoms with van der Waals surface area (Å²) in [5.41, 5.74) is 0.436. The van der Waals surface area contributed by atoms with Crippen molar-refractivity contribution in [2.24, 2.45) is 0 Å². The summed E-state index contributed by atoms with van der Waals surface area (Å²) < 4.78 is 13.2. The van der Waals surface area contributed by atoms with E-state index in [1.54, 1.807) is 9.80 Å². The van der Waals surface area contributed by atoms with E-state index in [4.69, 9.17) is 34.8 Å². The van der Waals surface area contributed by atoms with Gasteiger partial charge in [0.15, 0.2) is 0 Å². The average molecular weight is 473 g/mol. The van der Waals surface area contributed by atoms with Crippen LogP contribution in [-0.4, -0.2) is 60.2 Å².